The third-order valence-electron chi connectivity index (χ3n) is 3.84. The van der Waals surface area contributed by atoms with Crippen LogP contribution in [0, 0.1) is 6.92 Å². The van der Waals surface area contributed by atoms with Crippen LogP contribution in [0.15, 0.2) is 56.7 Å². The van der Waals surface area contributed by atoms with Crippen LogP contribution in [0.5, 0.6) is 5.75 Å². The molecule has 0 amide bonds. The minimum absolute atomic E-state index is 0.0639. The predicted octanol–water partition coefficient (Wildman–Crippen LogP) is 4.12. The van der Waals surface area contributed by atoms with Crippen molar-refractivity contribution in [3.05, 3.63) is 69.6 Å². The van der Waals surface area contributed by atoms with E-state index in [2.05, 4.69) is 11.9 Å². The summed E-state index contributed by atoms with van der Waals surface area (Å²) in [5, 5.41) is 10.8. The third kappa shape index (κ3) is 2.75. The van der Waals surface area contributed by atoms with Gasteiger partial charge in [0.15, 0.2) is 0 Å². The first-order chi connectivity index (χ1) is 11.1. The standard InChI is InChI=1S/C19H17NO3/c1-3-13-8-6-7-12(2)17(13)20-11-15-18(21)14-9-4-5-10-16(14)23-19(15)22/h4-11,21H,3H2,1-2H3. The molecule has 0 fully saturated rings. The topological polar surface area (TPSA) is 62.8 Å². The molecule has 2 aromatic carbocycles. The summed E-state index contributed by atoms with van der Waals surface area (Å²) in [6.07, 6.45) is 2.22. The van der Waals surface area contributed by atoms with Gasteiger partial charge in [0.25, 0.3) is 0 Å². The smallest absolute Gasteiger partial charge is 0.348 e. The van der Waals surface area contributed by atoms with Crippen molar-refractivity contribution in [3.63, 3.8) is 0 Å². The lowest BCUT2D eigenvalue weighted by Crippen LogP contribution is -2.07. The van der Waals surface area contributed by atoms with Gasteiger partial charge in [-0.3, -0.25) is 4.99 Å². The molecule has 0 saturated carbocycles. The average molecular weight is 307 g/mol. The highest BCUT2D eigenvalue weighted by Gasteiger charge is 2.12. The van der Waals surface area contributed by atoms with Crippen molar-refractivity contribution in [2.45, 2.75) is 20.3 Å². The number of rotatable bonds is 3. The first-order valence-corrected chi connectivity index (χ1v) is 7.49. The second kappa shape index (κ2) is 6.08. The zero-order valence-corrected chi connectivity index (χ0v) is 13.0. The average Bonchev–Trinajstić information content (AvgIpc) is 2.55. The lowest BCUT2D eigenvalue weighted by Gasteiger charge is -2.06. The number of fused-ring (bicyclic) bond motifs is 1. The highest BCUT2D eigenvalue weighted by Crippen LogP contribution is 2.27. The zero-order valence-electron chi connectivity index (χ0n) is 13.0. The van der Waals surface area contributed by atoms with Crippen LogP contribution in [0.25, 0.3) is 11.0 Å². The summed E-state index contributed by atoms with van der Waals surface area (Å²) in [5.41, 5.74) is 2.75. The molecule has 3 aromatic rings. The fourth-order valence-corrected chi connectivity index (χ4v) is 2.58. The molecule has 0 aliphatic rings. The largest absolute Gasteiger partial charge is 0.506 e. The number of benzene rings is 2. The Morgan fingerprint density at radius 3 is 2.74 bits per heavy atom. The molecule has 0 saturated heterocycles. The molecular formula is C19H17NO3. The normalized spacial score (nSPS) is 11.4. The summed E-state index contributed by atoms with van der Waals surface area (Å²) in [7, 11) is 0. The van der Waals surface area contributed by atoms with Crippen LogP contribution in [0.4, 0.5) is 5.69 Å². The molecule has 1 N–H and O–H groups in total. The second-order valence-corrected chi connectivity index (χ2v) is 5.34. The van der Waals surface area contributed by atoms with Gasteiger partial charge in [0.05, 0.1) is 11.1 Å². The monoisotopic (exact) mass is 307 g/mol. The van der Waals surface area contributed by atoms with Crippen molar-refractivity contribution in [1.29, 1.82) is 0 Å². The predicted molar refractivity (Wildman–Crippen MR) is 92.0 cm³/mol. The van der Waals surface area contributed by atoms with Gasteiger partial charge in [-0.15, -0.1) is 0 Å². The van der Waals surface area contributed by atoms with E-state index in [1.165, 1.54) is 6.21 Å². The van der Waals surface area contributed by atoms with E-state index in [1.54, 1.807) is 24.3 Å². The van der Waals surface area contributed by atoms with Crippen LogP contribution in [-0.4, -0.2) is 11.3 Å². The highest BCUT2D eigenvalue weighted by molar-refractivity contribution is 5.94. The Hall–Kier alpha value is -2.88. The molecule has 4 nitrogen and oxygen atoms in total. The molecule has 0 bridgehead atoms. The molecule has 23 heavy (non-hydrogen) atoms. The van der Waals surface area contributed by atoms with Crippen molar-refractivity contribution < 1.29 is 9.52 Å². The van der Waals surface area contributed by atoms with Gasteiger partial charge in [-0.25, -0.2) is 4.79 Å². The number of nitrogens with zero attached hydrogens (tertiary/aromatic N) is 1. The van der Waals surface area contributed by atoms with Crippen molar-refractivity contribution in [1.82, 2.24) is 0 Å². The van der Waals surface area contributed by atoms with E-state index < -0.39 is 5.63 Å². The Labute approximate surface area is 133 Å². The number of aromatic hydroxyl groups is 1. The Morgan fingerprint density at radius 1 is 1.17 bits per heavy atom. The van der Waals surface area contributed by atoms with E-state index in [1.807, 2.05) is 25.1 Å². The molecular weight excluding hydrogens is 290 g/mol. The minimum Gasteiger partial charge on any atom is -0.506 e. The highest BCUT2D eigenvalue weighted by atomic mass is 16.4. The molecule has 4 heteroatoms. The van der Waals surface area contributed by atoms with Crippen molar-refractivity contribution in [3.8, 4) is 5.75 Å². The maximum absolute atomic E-state index is 12.1. The number of aliphatic imine (C=N–C) groups is 1. The van der Waals surface area contributed by atoms with E-state index in [0.29, 0.717) is 11.0 Å². The van der Waals surface area contributed by atoms with Crippen LogP contribution in [-0.2, 0) is 6.42 Å². The van der Waals surface area contributed by atoms with Crippen molar-refractivity contribution >= 4 is 22.9 Å². The van der Waals surface area contributed by atoms with Crippen LogP contribution in [0.2, 0.25) is 0 Å². The van der Waals surface area contributed by atoms with E-state index in [-0.39, 0.29) is 11.3 Å². The number of aryl methyl sites for hydroxylation is 2. The van der Waals surface area contributed by atoms with Crippen LogP contribution in [0.1, 0.15) is 23.6 Å². The summed E-state index contributed by atoms with van der Waals surface area (Å²) < 4.78 is 5.24. The lowest BCUT2D eigenvalue weighted by atomic mass is 10.1. The van der Waals surface area contributed by atoms with E-state index in [9.17, 15) is 9.90 Å². The van der Waals surface area contributed by atoms with Crippen LogP contribution in [0.3, 0.4) is 0 Å². The maximum atomic E-state index is 12.1. The van der Waals surface area contributed by atoms with Gasteiger partial charge < -0.3 is 9.52 Å². The van der Waals surface area contributed by atoms with Gasteiger partial charge in [-0.2, -0.15) is 0 Å². The molecule has 0 unspecified atom stereocenters. The van der Waals surface area contributed by atoms with Gasteiger partial charge in [-0.05, 0) is 36.6 Å². The summed E-state index contributed by atoms with van der Waals surface area (Å²) in [5.74, 6) is -0.104. The van der Waals surface area contributed by atoms with Crippen molar-refractivity contribution in [2.24, 2.45) is 4.99 Å². The Kier molecular flexibility index (Phi) is 3.98. The summed E-state index contributed by atoms with van der Waals surface area (Å²) in [6.45, 7) is 4.02. The number of hydrogen-bond acceptors (Lipinski definition) is 4. The van der Waals surface area contributed by atoms with Gasteiger partial charge in [0.1, 0.15) is 16.9 Å². The molecule has 116 valence electrons. The van der Waals surface area contributed by atoms with E-state index >= 15 is 0 Å². The van der Waals surface area contributed by atoms with Gasteiger partial charge >= 0.3 is 5.63 Å². The van der Waals surface area contributed by atoms with Crippen molar-refractivity contribution in [2.75, 3.05) is 0 Å². The Balaban J connectivity index is 2.14. The van der Waals surface area contributed by atoms with Crippen LogP contribution >= 0.6 is 0 Å². The first-order valence-electron chi connectivity index (χ1n) is 7.49. The molecule has 0 radical (unpaired) electrons. The fourth-order valence-electron chi connectivity index (χ4n) is 2.58. The molecule has 0 atom stereocenters. The van der Waals surface area contributed by atoms with E-state index in [4.69, 9.17) is 4.42 Å². The Bertz CT molecular complexity index is 954. The van der Waals surface area contributed by atoms with Gasteiger partial charge in [0, 0.05) is 6.21 Å². The van der Waals surface area contributed by atoms with E-state index in [0.717, 1.165) is 23.2 Å². The van der Waals surface area contributed by atoms with Gasteiger partial charge in [-0.1, -0.05) is 37.3 Å². The number of hydrogen-bond donors (Lipinski definition) is 1. The first kappa shape index (κ1) is 15.0. The lowest BCUT2D eigenvalue weighted by molar-refractivity contribution is 0.466. The third-order valence-corrected chi connectivity index (χ3v) is 3.84. The van der Waals surface area contributed by atoms with Gasteiger partial charge in [0.2, 0.25) is 0 Å². The summed E-state index contributed by atoms with van der Waals surface area (Å²) in [6, 6.07) is 12.8. The maximum Gasteiger partial charge on any atom is 0.348 e. The van der Waals surface area contributed by atoms with Crippen LogP contribution < -0.4 is 5.63 Å². The molecule has 0 aliphatic heterocycles. The summed E-state index contributed by atoms with van der Waals surface area (Å²) >= 11 is 0. The second-order valence-electron chi connectivity index (χ2n) is 5.34. The fraction of sp³-hybridized carbons (Fsp3) is 0.158. The Morgan fingerprint density at radius 2 is 1.96 bits per heavy atom. The molecule has 0 aliphatic carbocycles. The quantitative estimate of drug-likeness (QED) is 0.585. The number of para-hydroxylation sites is 2. The molecule has 1 heterocycles. The molecule has 3 rings (SSSR count). The SMILES string of the molecule is CCc1cccc(C)c1N=Cc1c(O)c2ccccc2oc1=O. The zero-order chi connectivity index (χ0) is 16.4. The summed E-state index contributed by atoms with van der Waals surface area (Å²) in [4.78, 5) is 16.5. The molecule has 1 aromatic heterocycles. The molecule has 0 spiro atoms. The minimum atomic E-state index is -0.600.